The fraction of sp³-hybridized carbons (Fsp3) is 0.0625. The van der Waals surface area contributed by atoms with E-state index in [1.807, 2.05) is 30.3 Å². The minimum absolute atomic E-state index is 0.231. The first kappa shape index (κ1) is 13.1. The second-order valence-electron chi connectivity index (χ2n) is 4.76. The van der Waals surface area contributed by atoms with Crippen LogP contribution in [0.5, 0.6) is 0 Å². The van der Waals surface area contributed by atoms with Crippen LogP contribution < -0.4 is 11.1 Å². The van der Waals surface area contributed by atoms with Crippen molar-refractivity contribution in [3.8, 4) is 0 Å². The molecule has 3 aromatic rings. The van der Waals surface area contributed by atoms with Crippen LogP contribution in [0.2, 0.25) is 0 Å². The Morgan fingerprint density at radius 3 is 2.81 bits per heavy atom. The Labute approximate surface area is 121 Å². The molecule has 3 rings (SSSR count). The summed E-state index contributed by atoms with van der Waals surface area (Å²) in [5.74, 6) is 0.0987. The van der Waals surface area contributed by atoms with Gasteiger partial charge in [-0.3, -0.25) is 9.78 Å². The molecule has 2 aromatic heterocycles. The molecule has 21 heavy (non-hydrogen) atoms. The predicted molar refractivity (Wildman–Crippen MR) is 83.1 cm³/mol. The molecule has 0 aliphatic heterocycles. The summed E-state index contributed by atoms with van der Waals surface area (Å²) in [6, 6.07) is 12.7. The van der Waals surface area contributed by atoms with Crippen LogP contribution in [0.25, 0.3) is 10.9 Å². The van der Waals surface area contributed by atoms with Crippen molar-refractivity contribution < 1.29 is 4.79 Å². The lowest BCUT2D eigenvalue weighted by atomic mass is 10.1. The molecule has 0 saturated heterocycles. The molecule has 0 fully saturated rings. The maximum absolute atomic E-state index is 12.3. The molecule has 0 atom stereocenters. The third kappa shape index (κ3) is 2.67. The molecule has 0 spiro atoms. The van der Waals surface area contributed by atoms with Crippen LogP contribution in [0.1, 0.15) is 16.1 Å². The number of amides is 1. The minimum Gasteiger partial charge on any atom is -0.384 e. The van der Waals surface area contributed by atoms with Gasteiger partial charge in [0.15, 0.2) is 0 Å². The largest absolute Gasteiger partial charge is 0.384 e. The van der Waals surface area contributed by atoms with Crippen LogP contribution in [0.4, 0.5) is 11.5 Å². The van der Waals surface area contributed by atoms with E-state index >= 15 is 0 Å². The van der Waals surface area contributed by atoms with E-state index < -0.39 is 0 Å². The van der Waals surface area contributed by atoms with Crippen LogP contribution in [0.15, 0.2) is 48.7 Å². The molecule has 0 unspecified atom stereocenters. The lowest BCUT2D eigenvalue weighted by Crippen LogP contribution is -2.13. The molecule has 0 saturated carbocycles. The molecule has 5 heteroatoms. The molecule has 5 nitrogen and oxygen atoms in total. The Morgan fingerprint density at radius 1 is 1.19 bits per heavy atom. The third-order valence-electron chi connectivity index (χ3n) is 3.12. The first-order chi connectivity index (χ1) is 10.1. The fourth-order valence-corrected chi connectivity index (χ4v) is 2.22. The molecule has 0 bridgehead atoms. The number of rotatable bonds is 2. The van der Waals surface area contributed by atoms with E-state index in [9.17, 15) is 4.79 Å². The first-order valence-electron chi connectivity index (χ1n) is 6.53. The highest BCUT2D eigenvalue weighted by Gasteiger charge is 2.10. The van der Waals surface area contributed by atoms with Crippen molar-refractivity contribution in [3.63, 3.8) is 0 Å². The number of nitrogens with zero attached hydrogens (tertiary/aromatic N) is 2. The summed E-state index contributed by atoms with van der Waals surface area (Å²) in [5, 5.41) is 3.84. The number of pyridine rings is 2. The Balaban J connectivity index is 1.96. The van der Waals surface area contributed by atoms with Gasteiger partial charge in [-0.2, -0.15) is 0 Å². The number of nitrogens with two attached hydrogens (primary N) is 1. The number of aromatic nitrogens is 2. The number of carbonyl (C=O) groups is 1. The number of carbonyl (C=O) groups excluding carboxylic acids is 1. The van der Waals surface area contributed by atoms with Crippen LogP contribution in [-0.4, -0.2) is 15.9 Å². The van der Waals surface area contributed by atoms with E-state index in [1.54, 1.807) is 25.3 Å². The van der Waals surface area contributed by atoms with Gasteiger partial charge in [0.2, 0.25) is 0 Å². The van der Waals surface area contributed by atoms with E-state index in [2.05, 4.69) is 15.3 Å². The topological polar surface area (TPSA) is 80.9 Å². The lowest BCUT2D eigenvalue weighted by molar-refractivity contribution is 0.102. The molecule has 2 heterocycles. The molecule has 3 N–H and O–H groups in total. The molecule has 0 aliphatic carbocycles. The number of hydrogen-bond acceptors (Lipinski definition) is 4. The minimum atomic E-state index is -0.231. The average molecular weight is 278 g/mol. The highest BCUT2D eigenvalue weighted by atomic mass is 16.1. The molecule has 104 valence electrons. The van der Waals surface area contributed by atoms with Crippen LogP contribution in [-0.2, 0) is 0 Å². The van der Waals surface area contributed by atoms with Gasteiger partial charge < -0.3 is 11.1 Å². The van der Waals surface area contributed by atoms with Gasteiger partial charge in [-0.05, 0) is 31.2 Å². The van der Waals surface area contributed by atoms with Crippen molar-refractivity contribution in [2.75, 3.05) is 11.1 Å². The van der Waals surface area contributed by atoms with Crippen molar-refractivity contribution in [1.82, 2.24) is 9.97 Å². The number of aryl methyl sites for hydroxylation is 1. The number of anilines is 2. The molecule has 1 amide bonds. The van der Waals surface area contributed by atoms with Gasteiger partial charge in [0, 0.05) is 22.8 Å². The summed E-state index contributed by atoms with van der Waals surface area (Å²) in [6.45, 7) is 1.80. The predicted octanol–water partition coefficient (Wildman–Crippen LogP) is 2.77. The number of fused-ring (bicyclic) bond motifs is 1. The summed E-state index contributed by atoms with van der Waals surface area (Å²) in [7, 11) is 0. The zero-order valence-corrected chi connectivity index (χ0v) is 11.5. The number of hydrogen-bond donors (Lipinski definition) is 2. The Kier molecular flexibility index (Phi) is 3.23. The standard InChI is InChI=1S/C16H14N4O/c1-10-8-12(9-14(17)19-10)16(21)20-13-6-2-4-11-5-3-7-18-15(11)13/h2-9H,1H3,(H2,17,19)(H,20,21). The molecule has 0 radical (unpaired) electrons. The highest BCUT2D eigenvalue weighted by molar-refractivity contribution is 6.08. The van der Waals surface area contributed by atoms with E-state index in [0.717, 1.165) is 10.9 Å². The lowest BCUT2D eigenvalue weighted by Gasteiger charge is -2.08. The van der Waals surface area contributed by atoms with Gasteiger partial charge >= 0.3 is 0 Å². The zero-order chi connectivity index (χ0) is 14.8. The molecule has 1 aromatic carbocycles. The van der Waals surface area contributed by atoms with Crippen LogP contribution in [0, 0.1) is 6.92 Å². The first-order valence-corrected chi connectivity index (χ1v) is 6.53. The second-order valence-corrected chi connectivity index (χ2v) is 4.76. The number of nitrogen functional groups attached to an aromatic ring is 1. The molecular weight excluding hydrogens is 264 g/mol. The number of nitrogens with one attached hydrogen (secondary N) is 1. The maximum Gasteiger partial charge on any atom is 0.255 e. The summed E-state index contributed by atoms with van der Waals surface area (Å²) >= 11 is 0. The van der Waals surface area contributed by atoms with Crippen molar-refractivity contribution in [1.29, 1.82) is 0 Å². The van der Waals surface area contributed by atoms with Crippen molar-refractivity contribution in [3.05, 3.63) is 59.9 Å². The maximum atomic E-state index is 12.3. The summed E-state index contributed by atoms with van der Waals surface area (Å²) < 4.78 is 0. The second kappa shape index (κ2) is 5.20. The Hall–Kier alpha value is -2.95. The summed E-state index contributed by atoms with van der Waals surface area (Å²) in [5.41, 5.74) is 8.29. The smallest absolute Gasteiger partial charge is 0.255 e. The number of para-hydroxylation sites is 1. The highest BCUT2D eigenvalue weighted by Crippen LogP contribution is 2.21. The van der Waals surface area contributed by atoms with Gasteiger partial charge in [0.1, 0.15) is 5.82 Å². The van der Waals surface area contributed by atoms with E-state index in [0.29, 0.717) is 22.8 Å². The van der Waals surface area contributed by atoms with Crippen molar-refractivity contribution in [2.45, 2.75) is 6.92 Å². The normalized spacial score (nSPS) is 10.5. The van der Waals surface area contributed by atoms with Crippen molar-refractivity contribution >= 4 is 28.3 Å². The van der Waals surface area contributed by atoms with Gasteiger partial charge in [0.05, 0.1) is 11.2 Å². The monoisotopic (exact) mass is 278 g/mol. The SMILES string of the molecule is Cc1cc(C(=O)Nc2cccc3cccnc23)cc(N)n1. The van der Waals surface area contributed by atoms with Gasteiger partial charge in [-0.15, -0.1) is 0 Å². The van der Waals surface area contributed by atoms with Crippen molar-refractivity contribution in [2.24, 2.45) is 0 Å². The molecule has 0 aliphatic rings. The Bertz CT molecular complexity index is 804. The Morgan fingerprint density at radius 2 is 2.00 bits per heavy atom. The van der Waals surface area contributed by atoms with Crippen LogP contribution in [0.3, 0.4) is 0 Å². The van der Waals surface area contributed by atoms with Gasteiger partial charge in [0.25, 0.3) is 5.91 Å². The van der Waals surface area contributed by atoms with E-state index in [1.165, 1.54) is 0 Å². The van der Waals surface area contributed by atoms with Gasteiger partial charge in [-0.1, -0.05) is 18.2 Å². The fourth-order valence-electron chi connectivity index (χ4n) is 2.22. The third-order valence-corrected chi connectivity index (χ3v) is 3.12. The molecular formula is C16H14N4O. The van der Waals surface area contributed by atoms with E-state index in [-0.39, 0.29) is 5.91 Å². The van der Waals surface area contributed by atoms with E-state index in [4.69, 9.17) is 5.73 Å². The zero-order valence-electron chi connectivity index (χ0n) is 11.5. The summed E-state index contributed by atoms with van der Waals surface area (Å²) in [6.07, 6.45) is 1.70. The number of benzene rings is 1. The van der Waals surface area contributed by atoms with Crippen LogP contribution >= 0.6 is 0 Å². The average Bonchev–Trinajstić information content (AvgIpc) is 2.46. The summed E-state index contributed by atoms with van der Waals surface area (Å²) in [4.78, 5) is 20.7. The van der Waals surface area contributed by atoms with Gasteiger partial charge in [-0.25, -0.2) is 4.98 Å². The quantitative estimate of drug-likeness (QED) is 0.755.